The summed E-state index contributed by atoms with van der Waals surface area (Å²) in [5.74, 6) is -0.000748. The molecule has 1 saturated heterocycles. The molecule has 1 heterocycles. The fraction of sp³-hybridized carbons (Fsp3) is 0.588. The topological polar surface area (TPSA) is 69.7 Å². The van der Waals surface area contributed by atoms with Crippen molar-refractivity contribution in [3.8, 4) is 0 Å². The van der Waals surface area contributed by atoms with E-state index in [1.165, 1.54) is 4.31 Å². The molecule has 1 atom stereocenters. The monoisotopic (exact) mass is 353 g/mol. The Morgan fingerprint density at radius 1 is 1.17 bits per heavy atom. The first-order valence-electron chi connectivity index (χ1n) is 8.41. The second-order valence-electron chi connectivity index (χ2n) is 6.37. The van der Waals surface area contributed by atoms with Crippen LogP contribution in [0.3, 0.4) is 0 Å². The minimum absolute atomic E-state index is 0.000748. The van der Waals surface area contributed by atoms with Crippen LogP contribution < -0.4 is 5.32 Å². The highest BCUT2D eigenvalue weighted by molar-refractivity contribution is 7.89. The number of nitrogens with zero attached hydrogens (tertiary/aromatic N) is 2. The molecule has 1 amide bonds. The summed E-state index contributed by atoms with van der Waals surface area (Å²) >= 11 is 0. The largest absolute Gasteiger partial charge is 0.353 e. The highest BCUT2D eigenvalue weighted by Crippen LogP contribution is 2.18. The van der Waals surface area contributed by atoms with E-state index in [-0.39, 0.29) is 11.9 Å². The highest BCUT2D eigenvalue weighted by atomic mass is 32.2. The van der Waals surface area contributed by atoms with Crippen LogP contribution in [0.2, 0.25) is 0 Å². The molecular weight excluding hydrogens is 326 g/mol. The number of carbonyl (C=O) groups excluding carboxylic acids is 1. The van der Waals surface area contributed by atoms with Crippen LogP contribution >= 0.6 is 0 Å². The number of carbonyl (C=O) groups is 1. The molecule has 0 bridgehead atoms. The Morgan fingerprint density at radius 2 is 1.75 bits per heavy atom. The van der Waals surface area contributed by atoms with Gasteiger partial charge >= 0.3 is 0 Å². The Labute approximate surface area is 144 Å². The Balaban J connectivity index is 1.90. The van der Waals surface area contributed by atoms with E-state index in [0.717, 1.165) is 12.0 Å². The maximum Gasteiger partial charge on any atom is 0.243 e. The van der Waals surface area contributed by atoms with Crippen molar-refractivity contribution >= 4 is 15.9 Å². The third kappa shape index (κ3) is 4.78. The van der Waals surface area contributed by atoms with Gasteiger partial charge in [-0.3, -0.25) is 9.69 Å². The van der Waals surface area contributed by atoms with Crippen molar-refractivity contribution < 1.29 is 13.2 Å². The second-order valence-corrected chi connectivity index (χ2v) is 8.31. The molecule has 1 aliphatic heterocycles. The van der Waals surface area contributed by atoms with Crippen molar-refractivity contribution in [1.29, 1.82) is 0 Å². The summed E-state index contributed by atoms with van der Waals surface area (Å²) in [5, 5.41) is 2.94. The zero-order valence-electron chi connectivity index (χ0n) is 14.7. The van der Waals surface area contributed by atoms with Gasteiger partial charge in [0.05, 0.1) is 11.4 Å². The van der Waals surface area contributed by atoms with Crippen molar-refractivity contribution in [3.63, 3.8) is 0 Å². The molecule has 0 spiro atoms. The van der Waals surface area contributed by atoms with Gasteiger partial charge < -0.3 is 5.32 Å². The third-order valence-electron chi connectivity index (χ3n) is 4.38. The zero-order chi connectivity index (χ0) is 17.7. The smallest absolute Gasteiger partial charge is 0.243 e. The average Bonchev–Trinajstić information content (AvgIpc) is 2.55. The van der Waals surface area contributed by atoms with E-state index in [4.69, 9.17) is 0 Å². The third-order valence-corrected chi connectivity index (χ3v) is 6.29. The SMILES string of the molecule is CC[C@@H](C)NC(=O)CN1CCN(S(=O)(=O)c2ccc(C)cc2)CC1. The van der Waals surface area contributed by atoms with Gasteiger partial charge in [0.2, 0.25) is 15.9 Å². The van der Waals surface area contributed by atoms with E-state index >= 15 is 0 Å². The lowest BCUT2D eigenvalue weighted by atomic mass is 10.2. The van der Waals surface area contributed by atoms with Gasteiger partial charge in [0, 0.05) is 32.2 Å². The number of rotatable bonds is 6. The number of aryl methyl sites for hydroxylation is 1. The normalized spacial score (nSPS) is 18.3. The first-order chi connectivity index (χ1) is 11.3. The zero-order valence-corrected chi connectivity index (χ0v) is 15.5. The lowest BCUT2D eigenvalue weighted by Gasteiger charge is -2.33. The van der Waals surface area contributed by atoms with Gasteiger partial charge in [-0.2, -0.15) is 4.31 Å². The molecule has 0 unspecified atom stereocenters. The quantitative estimate of drug-likeness (QED) is 0.835. The van der Waals surface area contributed by atoms with Gasteiger partial charge in [-0.25, -0.2) is 8.42 Å². The maximum absolute atomic E-state index is 12.6. The van der Waals surface area contributed by atoms with Gasteiger partial charge in [0.15, 0.2) is 0 Å². The van der Waals surface area contributed by atoms with Crippen LogP contribution in [0.4, 0.5) is 0 Å². The molecule has 24 heavy (non-hydrogen) atoms. The summed E-state index contributed by atoms with van der Waals surface area (Å²) in [5.41, 5.74) is 1.03. The summed E-state index contributed by atoms with van der Waals surface area (Å²) < 4.78 is 26.8. The molecule has 0 saturated carbocycles. The molecule has 0 radical (unpaired) electrons. The molecule has 7 heteroatoms. The number of benzene rings is 1. The van der Waals surface area contributed by atoms with Crippen LogP contribution in [-0.4, -0.2) is 62.3 Å². The molecule has 134 valence electrons. The number of nitrogens with one attached hydrogen (secondary N) is 1. The molecule has 1 aromatic rings. The molecule has 1 aromatic carbocycles. The molecular formula is C17H27N3O3S. The van der Waals surface area contributed by atoms with E-state index in [1.807, 2.05) is 37.8 Å². The van der Waals surface area contributed by atoms with E-state index in [0.29, 0.717) is 37.6 Å². The van der Waals surface area contributed by atoms with Crippen molar-refractivity contribution in [2.45, 2.75) is 38.1 Å². The number of piperazine rings is 1. The van der Waals surface area contributed by atoms with Crippen LogP contribution in [-0.2, 0) is 14.8 Å². The molecule has 1 N–H and O–H groups in total. The number of hydrogen-bond acceptors (Lipinski definition) is 4. The molecule has 0 aromatic heterocycles. The first-order valence-corrected chi connectivity index (χ1v) is 9.85. The summed E-state index contributed by atoms with van der Waals surface area (Å²) in [6.45, 7) is 8.21. The summed E-state index contributed by atoms with van der Waals surface area (Å²) in [4.78, 5) is 14.3. The van der Waals surface area contributed by atoms with Crippen molar-refractivity contribution in [2.24, 2.45) is 0 Å². The molecule has 1 aliphatic rings. The van der Waals surface area contributed by atoms with Crippen molar-refractivity contribution in [3.05, 3.63) is 29.8 Å². The van der Waals surface area contributed by atoms with Gasteiger partial charge in [0.1, 0.15) is 0 Å². The number of amides is 1. The number of hydrogen-bond donors (Lipinski definition) is 1. The van der Waals surface area contributed by atoms with Gasteiger partial charge in [-0.05, 0) is 32.4 Å². The van der Waals surface area contributed by atoms with Crippen LogP contribution in [0.15, 0.2) is 29.2 Å². The lowest BCUT2D eigenvalue weighted by Crippen LogP contribution is -2.51. The van der Waals surface area contributed by atoms with Crippen LogP contribution in [0, 0.1) is 6.92 Å². The summed E-state index contributed by atoms with van der Waals surface area (Å²) in [6.07, 6.45) is 0.897. The average molecular weight is 353 g/mol. The fourth-order valence-corrected chi connectivity index (χ4v) is 4.04. The van der Waals surface area contributed by atoms with Crippen LogP contribution in [0.25, 0.3) is 0 Å². The lowest BCUT2D eigenvalue weighted by molar-refractivity contribution is -0.123. The highest BCUT2D eigenvalue weighted by Gasteiger charge is 2.29. The van der Waals surface area contributed by atoms with Gasteiger partial charge in [0.25, 0.3) is 0 Å². The van der Waals surface area contributed by atoms with Crippen molar-refractivity contribution in [1.82, 2.24) is 14.5 Å². The Morgan fingerprint density at radius 3 is 2.29 bits per heavy atom. The maximum atomic E-state index is 12.6. The summed E-state index contributed by atoms with van der Waals surface area (Å²) in [7, 11) is -3.45. The second kappa shape index (κ2) is 8.09. The van der Waals surface area contributed by atoms with E-state index in [2.05, 4.69) is 5.32 Å². The first kappa shape index (κ1) is 18.9. The predicted molar refractivity (Wildman–Crippen MR) is 94.3 cm³/mol. The van der Waals surface area contributed by atoms with Crippen LogP contribution in [0.5, 0.6) is 0 Å². The van der Waals surface area contributed by atoms with E-state index in [9.17, 15) is 13.2 Å². The standard InChI is InChI=1S/C17H27N3O3S/c1-4-15(3)18-17(21)13-19-9-11-20(12-10-19)24(22,23)16-7-5-14(2)6-8-16/h5-8,15H,4,9-13H2,1-3H3,(H,18,21)/t15-/m1/s1. The minimum Gasteiger partial charge on any atom is -0.353 e. The van der Waals surface area contributed by atoms with Crippen LogP contribution in [0.1, 0.15) is 25.8 Å². The van der Waals surface area contributed by atoms with E-state index in [1.54, 1.807) is 12.1 Å². The molecule has 1 fully saturated rings. The Kier molecular flexibility index (Phi) is 6.37. The predicted octanol–water partition coefficient (Wildman–Crippen LogP) is 1.22. The van der Waals surface area contributed by atoms with E-state index < -0.39 is 10.0 Å². The van der Waals surface area contributed by atoms with Crippen molar-refractivity contribution in [2.75, 3.05) is 32.7 Å². The Hall–Kier alpha value is -1.44. The fourth-order valence-electron chi connectivity index (χ4n) is 2.61. The number of sulfonamides is 1. The molecule has 6 nitrogen and oxygen atoms in total. The Bertz CT molecular complexity index is 650. The van der Waals surface area contributed by atoms with Gasteiger partial charge in [-0.1, -0.05) is 24.6 Å². The minimum atomic E-state index is -3.45. The molecule has 0 aliphatic carbocycles. The van der Waals surface area contributed by atoms with Gasteiger partial charge in [-0.15, -0.1) is 0 Å². The molecule has 2 rings (SSSR count). The summed E-state index contributed by atoms with van der Waals surface area (Å²) in [6, 6.07) is 7.08.